The maximum absolute atomic E-state index is 5.98. The van der Waals surface area contributed by atoms with Gasteiger partial charge in [-0.15, -0.1) is 0 Å². The average Bonchev–Trinajstić information content (AvgIpc) is 2.87. The quantitative estimate of drug-likeness (QED) is 0.821. The predicted molar refractivity (Wildman–Crippen MR) is 67.7 cm³/mol. The van der Waals surface area contributed by atoms with Crippen LogP contribution in [0.25, 0.3) is 0 Å². The van der Waals surface area contributed by atoms with Crippen molar-refractivity contribution in [3.05, 3.63) is 29.8 Å². The summed E-state index contributed by atoms with van der Waals surface area (Å²) in [5.74, 6) is 0.821. The third-order valence-electron chi connectivity index (χ3n) is 4.04. The zero-order chi connectivity index (χ0) is 11.0. The molecular weight excluding hydrogens is 196 g/mol. The van der Waals surface area contributed by atoms with Gasteiger partial charge in [0.15, 0.2) is 0 Å². The van der Waals surface area contributed by atoms with Crippen LogP contribution in [0.5, 0.6) is 0 Å². The van der Waals surface area contributed by atoms with Gasteiger partial charge in [0.2, 0.25) is 0 Å². The number of hydrogen-bond acceptors (Lipinski definition) is 2. The molecule has 0 unspecified atom stereocenters. The van der Waals surface area contributed by atoms with Gasteiger partial charge >= 0.3 is 0 Å². The summed E-state index contributed by atoms with van der Waals surface area (Å²) in [5, 5.41) is 0. The molecule has 1 aromatic carbocycles. The Balaban J connectivity index is 1.69. The van der Waals surface area contributed by atoms with Gasteiger partial charge in [-0.25, -0.2) is 0 Å². The normalized spacial score (nSPS) is 28.4. The summed E-state index contributed by atoms with van der Waals surface area (Å²) in [6, 6.07) is 9.28. The minimum Gasteiger partial charge on any atom is -0.371 e. The van der Waals surface area contributed by atoms with Gasteiger partial charge in [0.25, 0.3) is 0 Å². The molecular formula is C14H20N2. The number of benzene rings is 1. The van der Waals surface area contributed by atoms with Gasteiger partial charge in [-0.3, -0.25) is 0 Å². The van der Waals surface area contributed by atoms with Crippen molar-refractivity contribution in [2.75, 3.05) is 18.0 Å². The first-order valence-corrected chi connectivity index (χ1v) is 6.41. The van der Waals surface area contributed by atoms with Crippen LogP contribution in [0.1, 0.15) is 24.8 Å². The lowest BCUT2D eigenvalue weighted by atomic mass is 10.1. The molecule has 0 radical (unpaired) electrons. The smallest absolute Gasteiger partial charge is 0.0399 e. The number of para-hydroxylation sites is 1. The summed E-state index contributed by atoms with van der Waals surface area (Å²) in [7, 11) is 0. The molecule has 0 spiro atoms. The standard InChI is InChI=1S/C14H20N2/c15-13-6-5-11(9-13)10-16-8-7-12-3-1-2-4-14(12)16/h1-4,11,13H,5-10,15H2/t11-,13+/m0/s1. The molecule has 2 heteroatoms. The van der Waals surface area contributed by atoms with Crippen LogP contribution in [-0.2, 0) is 6.42 Å². The number of hydrogen-bond donors (Lipinski definition) is 1. The average molecular weight is 216 g/mol. The Kier molecular flexibility index (Phi) is 2.60. The van der Waals surface area contributed by atoms with Gasteiger partial charge in [0.1, 0.15) is 0 Å². The Morgan fingerprint density at radius 1 is 1.25 bits per heavy atom. The number of rotatable bonds is 2. The molecule has 0 saturated heterocycles. The Morgan fingerprint density at radius 2 is 2.12 bits per heavy atom. The molecule has 2 nitrogen and oxygen atoms in total. The molecule has 2 atom stereocenters. The van der Waals surface area contributed by atoms with E-state index in [-0.39, 0.29) is 0 Å². The van der Waals surface area contributed by atoms with Crippen LogP contribution in [0.3, 0.4) is 0 Å². The zero-order valence-corrected chi connectivity index (χ0v) is 9.73. The monoisotopic (exact) mass is 216 g/mol. The van der Waals surface area contributed by atoms with Crippen LogP contribution in [0.4, 0.5) is 5.69 Å². The van der Waals surface area contributed by atoms with Gasteiger partial charge < -0.3 is 10.6 Å². The van der Waals surface area contributed by atoms with E-state index in [1.54, 1.807) is 0 Å². The van der Waals surface area contributed by atoms with Crippen LogP contribution >= 0.6 is 0 Å². The summed E-state index contributed by atoms with van der Waals surface area (Å²) < 4.78 is 0. The fraction of sp³-hybridized carbons (Fsp3) is 0.571. The second-order valence-corrected chi connectivity index (χ2v) is 5.26. The van der Waals surface area contributed by atoms with Crippen LogP contribution < -0.4 is 10.6 Å². The van der Waals surface area contributed by atoms with E-state index in [0.717, 1.165) is 5.92 Å². The van der Waals surface area contributed by atoms with E-state index in [9.17, 15) is 0 Å². The summed E-state index contributed by atoms with van der Waals surface area (Å²) in [4.78, 5) is 2.55. The predicted octanol–water partition coefficient (Wildman–Crippen LogP) is 2.18. The molecule has 1 heterocycles. The fourth-order valence-corrected chi connectivity index (χ4v) is 3.19. The van der Waals surface area contributed by atoms with Gasteiger partial charge in [-0.05, 0) is 43.2 Å². The first-order valence-electron chi connectivity index (χ1n) is 6.41. The van der Waals surface area contributed by atoms with Gasteiger partial charge in [0, 0.05) is 24.8 Å². The lowest BCUT2D eigenvalue weighted by molar-refractivity contribution is 0.528. The molecule has 2 aliphatic rings. The van der Waals surface area contributed by atoms with Crippen molar-refractivity contribution in [2.45, 2.75) is 31.7 Å². The Bertz CT molecular complexity index is 375. The maximum Gasteiger partial charge on any atom is 0.0399 e. The Morgan fingerprint density at radius 3 is 2.94 bits per heavy atom. The van der Waals surface area contributed by atoms with Gasteiger partial charge in [-0.2, -0.15) is 0 Å². The van der Waals surface area contributed by atoms with Crippen molar-refractivity contribution in [3.63, 3.8) is 0 Å². The molecule has 1 aliphatic heterocycles. The fourth-order valence-electron chi connectivity index (χ4n) is 3.19. The lowest BCUT2D eigenvalue weighted by Gasteiger charge is -2.23. The third-order valence-corrected chi connectivity index (χ3v) is 4.04. The van der Waals surface area contributed by atoms with Gasteiger partial charge in [0.05, 0.1) is 0 Å². The topological polar surface area (TPSA) is 29.3 Å². The maximum atomic E-state index is 5.98. The summed E-state index contributed by atoms with van der Waals surface area (Å²) in [6.45, 7) is 2.41. The van der Waals surface area contributed by atoms with E-state index in [2.05, 4.69) is 29.2 Å². The zero-order valence-electron chi connectivity index (χ0n) is 9.73. The van der Waals surface area contributed by atoms with Crippen LogP contribution in [-0.4, -0.2) is 19.1 Å². The lowest BCUT2D eigenvalue weighted by Crippen LogP contribution is -2.27. The largest absolute Gasteiger partial charge is 0.371 e. The van der Waals surface area contributed by atoms with Crippen LogP contribution in [0, 0.1) is 5.92 Å². The Hall–Kier alpha value is -1.02. The third kappa shape index (κ3) is 1.82. The number of nitrogens with two attached hydrogens (primary N) is 1. The molecule has 1 aromatic rings. The highest BCUT2D eigenvalue weighted by Gasteiger charge is 2.26. The van der Waals surface area contributed by atoms with E-state index >= 15 is 0 Å². The first kappa shape index (κ1) is 10.2. The Labute approximate surface area is 97.4 Å². The van der Waals surface area contributed by atoms with E-state index in [1.165, 1.54) is 50.0 Å². The molecule has 86 valence electrons. The summed E-state index contributed by atoms with van der Waals surface area (Å²) >= 11 is 0. The highest BCUT2D eigenvalue weighted by Crippen LogP contribution is 2.31. The van der Waals surface area contributed by atoms with Crippen molar-refractivity contribution in [1.82, 2.24) is 0 Å². The molecule has 0 aromatic heterocycles. The highest BCUT2D eigenvalue weighted by molar-refractivity contribution is 5.57. The first-order chi connectivity index (χ1) is 7.83. The van der Waals surface area contributed by atoms with Crippen LogP contribution in [0.15, 0.2) is 24.3 Å². The van der Waals surface area contributed by atoms with E-state index in [0.29, 0.717) is 6.04 Å². The summed E-state index contributed by atoms with van der Waals surface area (Å²) in [6.07, 6.45) is 4.98. The van der Waals surface area contributed by atoms with Crippen molar-refractivity contribution in [1.29, 1.82) is 0 Å². The molecule has 1 aliphatic carbocycles. The van der Waals surface area contributed by atoms with Crippen molar-refractivity contribution >= 4 is 5.69 Å². The molecule has 1 saturated carbocycles. The molecule has 0 amide bonds. The van der Waals surface area contributed by atoms with E-state index < -0.39 is 0 Å². The highest BCUT2D eigenvalue weighted by atomic mass is 15.1. The number of nitrogens with zero attached hydrogens (tertiary/aromatic N) is 1. The van der Waals surface area contributed by atoms with Crippen molar-refractivity contribution in [3.8, 4) is 0 Å². The molecule has 2 N–H and O–H groups in total. The van der Waals surface area contributed by atoms with E-state index in [4.69, 9.17) is 5.73 Å². The SMILES string of the molecule is N[C@@H]1CC[C@H](CN2CCc3ccccc32)C1. The number of anilines is 1. The minimum absolute atomic E-state index is 0.461. The van der Waals surface area contributed by atoms with Crippen molar-refractivity contribution in [2.24, 2.45) is 11.7 Å². The molecule has 3 rings (SSSR count). The molecule has 0 bridgehead atoms. The molecule has 16 heavy (non-hydrogen) atoms. The number of fused-ring (bicyclic) bond motifs is 1. The van der Waals surface area contributed by atoms with Crippen molar-refractivity contribution < 1.29 is 0 Å². The second kappa shape index (κ2) is 4.10. The van der Waals surface area contributed by atoms with Gasteiger partial charge in [-0.1, -0.05) is 18.2 Å². The minimum atomic E-state index is 0.461. The molecule has 1 fully saturated rings. The van der Waals surface area contributed by atoms with E-state index in [1.807, 2.05) is 0 Å². The second-order valence-electron chi connectivity index (χ2n) is 5.26. The summed E-state index contributed by atoms with van der Waals surface area (Å²) in [5.41, 5.74) is 8.95. The van der Waals surface area contributed by atoms with Crippen LogP contribution in [0.2, 0.25) is 0 Å².